The third kappa shape index (κ3) is 10.4. The van der Waals surface area contributed by atoms with Gasteiger partial charge in [0.2, 0.25) is 0 Å². The fourth-order valence-corrected chi connectivity index (χ4v) is 14.0. The Balaban J connectivity index is 1.01. The largest absolute Gasteiger partial charge is 0.311 e. The first-order chi connectivity index (χ1) is 51.4. The van der Waals surface area contributed by atoms with Crippen molar-refractivity contribution in [2.45, 2.75) is 78.6 Å². The summed E-state index contributed by atoms with van der Waals surface area (Å²) in [6.45, 7) is 19.9. The Labute approximate surface area is 579 Å². The van der Waals surface area contributed by atoms with Gasteiger partial charge in [0.15, 0.2) is 0 Å². The van der Waals surface area contributed by atoms with Crippen molar-refractivity contribution in [3.8, 4) is 50.2 Å². The minimum Gasteiger partial charge on any atom is -0.311 e. The summed E-state index contributed by atoms with van der Waals surface area (Å²) in [5, 5.41) is -0.153. The zero-order chi connectivity index (χ0) is 76.2. The fourth-order valence-electron chi connectivity index (χ4n) is 14.0. The lowest BCUT2D eigenvalue weighted by atomic mass is 9.33. The van der Waals surface area contributed by atoms with Gasteiger partial charge in [0.1, 0.15) is 0 Å². The van der Waals surface area contributed by atoms with E-state index in [4.69, 9.17) is 9.60 Å². The Morgan fingerprint density at radius 3 is 1.38 bits per heavy atom. The van der Waals surface area contributed by atoms with Crippen LogP contribution in [0.15, 0.2) is 303 Å². The van der Waals surface area contributed by atoms with Crippen LogP contribution in [0.4, 0.5) is 51.2 Å². The van der Waals surface area contributed by atoms with E-state index in [1.165, 1.54) is 15.7 Å². The highest BCUT2D eigenvalue weighted by molar-refractivity contribution is 7.00. The van der Waals surface area contributed by atoms with E-state index in [0.29, 0.717) is 11.4 Å². The molecule has 13 aromatic carbocycles. The molecule has 4 nitrogen and oxygen atoms in total. The zero-order valence-electron chi connectivity index (χ0n) is 67.7. The third-order valence-corrected chi connectivity index (χ3v) is 18.9. The van der Waals surface area contributed by atoms with Gasteiger partial charge in [0.05, 0.1) is 34.5 Å². The Hall–Kier alpha value is -10.9. The van der Waals surface area contributed by atoms with Crippen molar-refractivity contribution < 1.29 is 17.8 Å². The molecule has 0 saturated heterocycles. The average molecular weight is 1240 g/mol. The highest BCUT2D eigenvalue weighted by Gasteiger charge is 2.45. The predicted octanol–water partition coefficient (Wildman–Crippen LogP) is 22.9. The molecule has 460 valence electrons. The number of anilines is 9. The van der Waals surface area contributed by atoms with Crippen LogP contribution in [0.25, 0.3) is 72.0 Å². The molecule has 1 aromatic heterocycles. The van der Waals surface area contributed by atoms with Crippen molar-refractivity contribution >= 4 is 96.1 Å². The second kappa shape index (κ2) is 23.0. The average Bonchev–Trinajstić information content (AvgIpc) is 1.03. The molecule has 0 atom stereocenters. The van der Waals surface area contributed by atoms with Crippen LogP contribution in [0.5, 0.6) is 0 Å². The summed E-state index contributed by atoms with van der Waals surface area (Å²) in [5.41, 5.74) is 20.2. The second-order valence-corrected chi connectivity index (χ2v) is 28.1. The molecule has 95 heavy (non-hydrogen) atoms. The first kappa shape index (κ1) is 46.2. The number of benzene rings is 13. The van der Waals surface area contributed by atoms with Gasteiger partial charge in [-0.3, -0.25) is 0 Å². The van der Waals surface area contributed by atoms with E-state index in [0.717, 1.165) is 101 Å². The maximum atomic E-state index is 9.80. The van der Waals surface area contributed by atoms with Crippen LogP contribution in [0, 0.1) is 0 Å². The lowest BCUT2D eigenvalue weighted by molar-refractivity contribution is 0.569. The van der Waals surface area contributed by atoms with E-state index in [1.54, 1.807) is 29.2 Å². The molecular formula is C90H77BN4. The van der Waals surface area contributed by atoms with E-state index in [9.17, 15) is 8.22 Å². The van der Waals surface area contributed by atoms with E-state index in [-0.39, 0.29) is 44.0 Å². The molecular weight excluding hydrogens is 1150 g/mol. The number of hydrogen-bond donors (Lipinski definition) is 0. The van der Waals surface area contributed by atoms with Gasteiger partial charge in [-0.05, 0) is 174 Å². The molecule has 0 unspecified atom stereocenters. The number of fused-ring (bicyclic) bond motifs is 7. The maximum Gasteiger partial charge on any atom is 0.252 e. The molecule has 0 N–H and O–H groups in total. The number of para-hydroxylation sites is 4. The molecule has 2 aliphatic heterocycles. The molecule has 0 bridgehead atoms. The van der Waals surface area contributed by atoms with Crippen molar-refractivity contribution in [1.82, 2.24) is 4.57 Å². The van der Waals surface area contributed by atoms with Crippen LogP contribution >= 0.6 is 0 Å². The maximum absolute atomic E-state index is 9.80. The molecule has 5 heteroatoms. The standard InChI is InChI=1S/C90H77BN4/c1-88(2,3)66-52-65(53-67(56-66)89(4,5)6)64-44-50-78-82(55-64)95(87-74(61-30-16-11-17-31-61)40-27-41-75(87)62-32-18-12-19-33-62)85-58-68(90(7,8)9)57-84-86(85)91(78)79-51-49-73(59-83(79)94(84)72-37-26-34-63(54-72)60-28-14-10-15-29-60)92(69-35-20-13-21-36-69)70-45-47-71(48-46-70)93-80-42-24-22-38-76(80)77-39-23-25-43-81(77)93/h10-59H,1-9H3/i13D,20D,21D,22D,23D,24D,25D,35D,36D,38D,39D,42D,43D. The third-order valence-electron chi connectivity index (χ3n) is 18.9. The van der Waals surface area contributed by atoms with Crippen LogP contribution in [0.3, 0.4) is 0 Å². The van der Waals surface area contributed by atoms with Crippen molar-refractivity contribution in [3.05, 3.63) is 320 Å². The van der Waals surface area contributed by atoms with Gasteiger partial charge < -0.3 is 19.3 Å². The van der Waals surface area contributed by atoms with Gasteiger partial charge >= 0.3 is 0 Å². The number of hydrogen-bond acceptors (Lipinski definition) is 3. The smallest absolute Gasteiger partial charge is 0.252 e. The normalized spacial score (nSPS) is 14.7. The van der Waals surface area contributed by atoms with Crippen molar-refractivity contribution in [2.75, 3.05) is 14.7 Å². The van der Waals surface area contributed by atoms with Crippen molar-refractivity contribution in [3.63, 3.8) is 0 Å². The first-order valence-corrected chi connectivity index (χ1v) is 32.5. The summed E-state index contributed by atoms with van der Waals surface area (Å²) in [4.78, 5) is 6.53. The Morgan fingerprint density at radius 2 is 0.800 bits per heavy atom. The molecule has 0 spiro atoms. The van der Waals surface area contributed by atoms with Gasteiger partial charge in [0, 0.05) is 73.1 Å². The lowest BCUT2D eigenvalue weighted by Gasteiger charge is -2.46. The number of aromatic nitrogens is 1. The molecule has 2 aliphatic rings. The molecule has 16 rings (SSSR count). The summed E-state index contributed by atoms with van der Waals surface area (Å²) >= 11 is 0. The van der Waals surface area contributed by atoms with Crippen LogP contribution in [-0.2, 0) is 16.2 Å². The summed E-state index contributed by atoms with van der Waals surface area (Å²) in [5.74, 6) is 0. The van der Waals surface area contributed by atoms with E-state index < -0.39 is 90.7 Å². The Bertz CT molecular complexity index is 5870. The molecule has 0 saturated carbocycles. The van der Waals surface area contributed by atoms with Gasteiger partial charge in [-0.15, -0.1) is 0 Å². The lowest BCUT2D eigenvalue weighted by Crippen LogP contribution is -2.61. The van der Waals surface area contributed by atoms with Crippen LogP contribution in [-0.4, -0.2) is 11.3 Å². The molecule has 0 amide bonds. The van der Waals surface area contributed by atoms with E-state index in [1.807, 2.05) is 24.3 Å². The summed E-state index contributed by atoms with van der Waals surface area (Å²) in [6.07, 6.45) is 0. The molecule has 0 fully saturated rings. The number of rotatable bonds is 10. The monoisotopic (exact) mass is 1240 g/mol. The second-order valence-electron chi connectivity index (χ2n) is 28.1. The van der Waals surface area contributed by atoms with Crippen LogP contribution < -0.4 is 31.1 Å². The highest BCUT2D eigenvalue weighted by atomic mass is 15.2. The summed E-state index contributed by atoms with van der Waals surface area (Å²) < 4.78 is 120. The molecule has 14 aromatic rings. The topological polar surface area (TPSA) is 14.7 Å². The first-order valence-electron chi connectivity index (χ1n) is 39.0. The van der Waals surface area contributed by atoms with Crippen molar-refractivity contribution in [2.24, 2.45) is 0 Å². The molecule has 3 heterocycles. The number of nitrogens with zero attached hydrogens (tertiary/aromatic N) is 4. The Kier molecular flexibility index (Phi) is 11.2. The van der Waals surface area contributed by atoms with Crippen LogP contribution in [0.2, 0.25) is 0 Å². The minimum absolute atomic E-state index is 0.0625. The Morgan fingerprint density at radius 1 is 0.326 bits per heavy atom. The van der Waals surface area contributed by atoms with Crippen molar-refractivity contribution in [1.29, 1.82) is 0 Å². The quantitative estimate of drug-likeness (QED) is 0.127. The molecule has 0 aliphatic carbocycles. The SMILES string of the molecule is [2H]c1c([2H])c([2H])c(N(c2ccc(-n3c4c([2H])c([2H])c([2H])c([2H])c4c4c([2H])c([2H])c([2H])c([2H])c43)cc2)c2ccc3c(c2)N(c2cccc(-c4ccccc4)c2)c2cc(C(C)(C)C)cc4c2B3c2ccc(-c3cc(C(C)(C)C)cc(C(C)(C)C)c3)cc2N4c2c(-c3ccccc3)cccc2-c2ccccc2)c([2H])c1[2H]. The van der Waals surface area contributed by atoms with E-state index in [2.05, 4.69) is 248 Å². The van der Waals surface area contributed by atoms with Gasteiger partial charge in [-0.2, -0.15) is 0 Å². The van der Waals surface area contributed by atoms with Gasteiger partial charge in [-0.1, -0.05) is 274 Å². The summed E-state index contributed by atoms with van der Waals surface area (Å²) in [7, 11) is 0. The predicted molar refractivity (Wildman–Crippen MR) is 407 cm³/mol. The van der Waals surface area contributed by atoms with Crippen LogP contribution in [0.1, 0.15) is 96.8 Å². The molecule has 0 radical (unpaired) electrons. The summed E-state index contributed by atoms with van der Waals surface area (Å²) in [6, 6.07) is 71.5. The van der Waals surface area contributed by atoms with Gasteiger partial charge in [0.25, 0.3) is 6.71 Å². The van der Waals surface area contributed by atoms with Gasteiger partial charge in [-0.25, -0.2) is 0 Å². The zero-order valence-corrected chi connectivity index (χ0v) is 54.7. The highest BCUT2D eigenvalue weighted by Crippen LogP contribution is 2.53. The fraction of sp³-hybridized carbons (Fsp3) is 0.133. The van der Waals surface area contributed by atoms with E-state index >= 15 is 0 Å². The minimum atomic E-state index is -0.575.